The number of aromatic amines is 1. The standard InChI is InChI=1S/C36H59N5O5S/c1-4-6-9-18-30(21-28-14-10-7-11-15-28)35(43)41-33(23-31-25-37-26-38-31)36(44)40-32(22-29-16-12-8-13-17-29)34(42)20-27(3)24-39-47(45,46)19-5-2/h7,10-11,14-15,25-27,29-30,32-34,39,42H,4-6,8-9,12-13,16-24H2,1-3H3,(H,37,38)(H,40,44)(H,41,43)/t27-,30?,32+,33?,34+/m1/s1. The van der Waals surface area contributed by atoms with E-state index >= 15 is 0 Å². The van der Waals surface area contributed by atoms with Gasteiger partial charge in [0.2, 0.25) is 21.8 Å². The van der Waals surface area contributed by atoms with Crippen LogP contribution in [0.1, 0.15) is 109 Å². The highest BCUT2D eigenvalue weighted by Gasteiger charge is 2.32. The van der Waals surface area contributed by atoms with Gasteiger partial charge in [-0.25, -0.2) is 18.1 Å². The summed E-state index contributed by atoms with van der Waals surface area (Å²) >= 11 is 0. The van der Waals surface area contributed by atoms with Gasteiger partial charge in [-0.15, -0.1) is 0 Å². The number of nitrogens with zero attached hydrogens (tertiary/aromatic N) is 1. The highest BCUT2D eigenvalue weighted by molar-refractivity contribution is 7.89. The average molecular weight is 674 g/mol. The normalized spacial score (nSPS) is 17.4. The Hall–Kier alpha value is -2.76. The number of nitrogens with one attached hydrogen (secondary N) is 4. The van der Waals surface area contributed by atoms with Crippen molar-refractivity contribution in [2.75, 3.05) is 12.3 Å². The summed E-state index contributed by atoms with van der Waals surface area (Å²) < 4.78 is 27.1. The highest BCUT2D eigenvalue weighted by atomic mass is 32.2. The van der Waals surface area contributed by atoms with Crippen molar-refractivity contribution in [3.05, 3.63) is 54.1 Å². The second kappa shape index (κ2) is 20.6. The molecule has 5 atom stereocenters. The lowest BCUT2D eigenvalue weighted by Crippen LogP contribution is -2.55. The lowest BCUT2D eigenvalue weighted by atomic mass is 9.82. The summed E-state index contributed by atoms with van der Waals surface area (Å²) in [7, 11) is -3.36. The number of carbonyl (C=O) groups is 2. The lowest BCUT2D eigenvalue weighted by Gasteiger charge is -2.32. The Morgan fingerprint density at radius 1 is 1.00 bits per heavy atom. The van der Waals surface area contributed by atoms with Crippen LogP contribution in [0, 0.1) is 17.8 Å². The van der Waals surface area contributed by atoms with Crippen LogP contribution >= 0.6 is 0 Å². The van der Waals surface area contributed by atoms with E-state index < -0.39 is 28.2 Å². The number of amides is 2. The summed E-state index contributed by atoms with van der Waals surface area (Å²) in [6, 6.07) is 8.60. The molecule has 10 nitrogen and oxygen atoms in total. The zero-order valence-electron chi connectivity index (χ0n) is 28.8. The Kier molecular flexibility index (Phi) is 16.9. The molecular formula is C36H59N5O5S. The van der Waals surface area contributed by atoms with Crippen LogP contribution < -0.4 is 15.4 Å². The summed E-state index contributed by atoms with van der Waals surface area (Å²) in [5, 5.41) is 17.7. The Balaban J connectivity index is 1.76. The molecule has 1 aromatic carbocycles. The van der Waals surface area contributed by atoms with Crippen LogP contribution in [0.15, 0.2) is 42.9 Å². The van der Waals surface area contributed by atoms with E-state index in [9.17, 15) is 23.1 Å². The molecule has 0 spiro atoms. The number of aromatic nitrogens is 2. The number of carbonyl (C=O) groups excluding carboxylic acids is 2. The van der Waals surface area contributed by atoms with Crippen molar-refractivity contribution in [1.82, 2.24) is 25.3 Å². The Morgan fingerprint density at radius 2 is 1.74 bits per heavy atom. The summed E-state index contributed by atoms with van der Waals surface area (Å²) in [6.45, 7) is 6.09. The maximum atomic E-state index is 14.1. The van der Waals surface area contributed by atoms with Gasteiger partial charge in [-0.2, -0.15) is 0 Å². The Labute approximate surface area is 282 Å². The predicted molar refractivity (Wildman–Crippen MR) is 187 cm³/mol. The highest BCUT2D eigenvalue weighted by Crippen LogP contribution is 2.29. The Morgan fingerprint density at radius 3 is 2.40 bits per heavy atom. The topological polar surface area (TPSA) is 153 Å². The molecule has 2 amide bonds. The molecule has 11 heteroatoms. The van der Waals surface area contributed by atoms with Gasteiger partial charge >= 0.3 is 0 Å². The second-order valence-corrected chi connectivity index (χ2v) is 15.6. The molecule has 3 rings (SSSR count). The average Bonchev–Trinajstić information content (AvgIpc) is 3.57. The molecular weight excluding hydrogens is 614 g/mol. The number of imidazole rings is 1. The first-order valence-electron chi connectivity index (χ1n) is 17.9. The monoisotopic (exact) mass is 673 g/mol. The molecule has 1 fully saturated rings. The van der Waals surface area contributed by atoms with Crippen molar-refractivity contribution < 1.29 is 23.1 Å². The number of rotatable bonds is 22. The van der Waals surface area contributed by atoms with E-state index in [0.717, 1.165) is 62.6 Å². The van der Waals surface area contributed by atoms with Crippen molar-refractivity contribution >= 4 is 21.8 Å². The van der Waals surface area contributed by atoms with Crippen molar-refractivity contribution in [3.8, 4) is 0 Å². The molecule has 0 aliphatic heterocycles. The van der Waals surface area contributed by atoms with E-state index in [1.807, 2.05) is 44.2 Å². The van der Waals surface area contributed by atoms with E-state index in [1.165, 1.54) is 6.42 Å². The minimum Gasteiger partial charge on any atom is -0.391 e. The number of aliphatic hydroxyl groups is 1. The van der Waals surface area contributed by atoms with Crippen molar-refractivity contribution in [2.45, 2.75) is 129 Å². The van der Waals surface area contributed by atoms with Gasteiger partial charge in [0.15, 0.2) is 0 Å². The summed E-state index contributed by atoms with van der Waals surface area (Å²) in [4.78, 5) is 35.1. The van der Waals surface area contributed by atoms with Gasteiger partial charge in [-0.05, 0) is 49.5 Å². The first-order valence-corrected chi connectivity index (χ1v) is 19.5. The molecule has 5 N–H and O–H groups in total. The molecule has 1 aliphatic rings. The Bertz CT molecular complexity index is 1270. The van der Waals surface area contributed by atoms with Gasteiger partial charge in [-0.3, -0.25) is 9.59 Å². The van der Waals surface area contributed by atoms with Gasteiger partial charge in [0.25, 0.3) is 0 Å². The predicted octanol–water partition coefficient (Wildman–Crippen LogP) is 5.05. The lowest BCUT2D eigenvalue weighted by molar-refractivity contribution is -0.132. The van der Waals surface area contributed by atoms with E-state index in [1.54, 1.807) is 12.5 Å². The van der Waals surface area contributed by atoms with Crippen LogP contribution in [0.4, 0.5) is 0 Å². The summed E-state index contributed by atoms with van der Waals surface area (Å²) in [5.74, 6) is -0.446. The molecule has 1 heterocycles. The first kappa shape index (κ1) is 38.7. The van der Waals surface area contributed by atoms with Crippen LogP contribution in [0.2, 0.25) is 0 Å². The smallest absolute Gasteiger partial charge is 0.243 e. The van der Waals surface area contributed by atoms with E-state index in [0.29, 0.717) is 31.6 Å². The number of sulfonamides is 1. The molecule has 0 saturated heterocycles. The third-order valence-corrected chi connectivity index (χ3v) is 10.9. The minimum absolute atomic E-state index is 0.0664. The molecule has 1 aromatic heterocycles. The minimum atomic E-state index is -3.36. The number of aliphatic hydroxyl groups excluding tert-OH is 1. The van der Waals surface area contributed by atoms with Crippen molar-refractivity contribution in [1.29, 1.82) is 0 Å². The number of benzene rings is 1. The summed E-state index contributed by atoms with van der Waals surface area (Å²) in [5.41, 5.74) is 1.81. The fourth-order valence-electron chi connectivity index (χ4n) is 6.63. The number of hydrogen-bond donors (Lipinski definition) is 5. The fraction of sp³-hybridized carbons (Fsp3) is 0.694. The maximum Gasteiger partial charge on any atom is 0.243 e. The van der Waals surface area contributed by atoms with Crippen LogP contribution in [0.3, 0.4) is 0 Å². The number of unbranched alkanes of at least 4 members (excludes halogenated alkanes) is 2. The molecule has 2 aromatic rings. The maximum absolute atomic E-state index is 14.1. The molecule has 0 radical (unpaired) electrons. The fourth-order valence-corrected chi connectivity index (χ4v) is 7.85. The van der Waals surface area contributed by atoms with Gasteiger partial charge in [0, 0.05) is 30.8 Å². The largest absolute Gasteiger partial charge is 0.391 e. The SMILES string of the molecule is CCCCCC(Cc1ccccc1)C(=O)NC(Cc1cnc[nH]1)C(=O)N[C@@H](CC1CCCCC1)[C@@H](O)C[C@@H](C)CNS(=O)(=O)CCC. The van der Waals surface area contributed by atoms with Crippen LogP contribution in [0.5, 0.6) is 0 Å². The third kappa shape index (κ3) is 14.5. The van der Waals surface area contributed by atoms with Crippen LogP contribution in [-0.4, -0.2) is 65.8 Å². The summed E-state index contributed by atoms with van der Waals surface area (Å²) in [6.07, 6.45) is 14.0. The molecule has 2 unspecified atom stereocenters. The second-order valence-electron chi connectivity index (χ2n) is 13.7. The van der Waals surface area contributed by atoms with Crippen LogP contribution in [-0.2, 0) is 32.5 Å². The molecule has 0 bridgehead atoms. The zero-order valence-corrected chi connectivity index (χ0v) is 29.6. The molecule has 264 valence electrons. The molecule has 47 heavy (non-hydrogen) atoms. The molecule has 1 saturated carbocycles. The van der Waals surface area contributed by atoms with E-state index in [4.69, 9.17) is 0 Å². The van der Waals surface area contributed by atoms with Crippen molar-refractivity contribution in [3.63, 3.8) is 0 Å². The van der Waals surface area contributed by atoms with Gasteiger partial charge < -0.3 is 20.7 Å². The van der Waals surface area contributed by atoms with E-state index in [-0.39, 0.29) is 42.4 Å². The third-order valence-electron chi connectivity index (χ3n) is 9.34. The quantitative estimate of drug-likeness (QED) is 0.110. The molecule has 1 aliphatic carbocycles. The van der Waals surface area contributed by atoms with Gasteiger partial charge in [0.1, 0.15) is 6.04 Å². The van der Waals surface area contributed by atoms with Gasteiger partial charge in [-0.1, -0.05) is 102 Å². The zero-order chi connectivity index (χ0) is 34.1. The van der Waals surface area contributed by atoms with E-state index in [2.05, 4.69) is 32.2 Å². The van der Waals surface area contributed by atoms with Crippen LogP contribution in [0.25, 0.3) is 0 Å². The van der Waals surface area contributed by atoms with Crippen molar-refractivity contribution in [2.24, 2.45) is 17.8 Å². The number of hydrogen-bond acceptors (Lipinski definition) is 6. The van der Waals surface area contributed by atoms with Gasteiger partial charge in [0.05, 0.1) is 24.2 Å². The first-order chi connectivity index (χ1) is 22.6. The number of H-pyrrole nitrogens is 1.